The van der Waals surface area contributed by atoms with Crippen molar-refractivity contribution in [1.29, 1.82) is 0 Å². The standard InChI is InChI=1S/C18H18INOS/c1-3-12-6-4-5-7-13(12)11-20-16-8-14(19)9-17(21)15(16)10-18(20)22-2/h4-10,21H,3,11H2,1-2H3. The lowest BCUT2D eigenvalue weighted by atomic mass is 10.1. The van der Waals surface area contributed by atoms with Gasteiger partial charge in [-0.1, -0.05) is 31.2 Å². The van der Waals surface area contributed by atoms with Gasteiger partial charge < -0.3 is 9.67 Å². The van der Waals surface area contributed by atoms with Gasteiger partial charge in [0, 0.05) is 15.5 Å². The molecule has 0 unspecified atom stereocenters. The Kier molecular flexibility index (Phi) is 4.68. The number of aromatic hydroxyl groups is 1. The molecule has 1 aromatic heterocycles. The number of nitrogens with zero attached hydrogens (tertiary/aromatic N) is 1. The molecule has 4 heteroatoms. The average molecular weight is 423 g/mol. The van der Waals surface area contributed by atoms with Gasteiger partial charge in [-0.15, -0.1) is 11.8 Å². The van der Waals surface area contributed by atoms with Crippen LogP contribution in [-0.4, -0.2) is 15.9 Å². The fourth-order valence-corrected chi connectivity index (χ4v) is 4.05. The smallest absolute Gasteiger partial charge is 0.126 e. The number of aryl methyl sites for hydroxylation is 1. The third-order valence-electron chi connectivity index (χ3n) is 3.96. The van der Waals surface area contributed by atoms with Crippen LogP contribution < -0.4 is 0 Å². The molecule has 0 fully saturated rings. The summed E-state index contributed by atoms with van der Waals surface area (Å²) in [5.74, 6) is 0.361. The molecule has 1 N–H and O–H groups in total. The zero-order valence-electron chi connectivity index (χ0n) is 12.6. The van der Waals surface area contributed by atoms with Gasteiger partial charge in [-0.05, 0) is 64.6 Å². The number of hydrogen-bond acceptors (Lipinski definition) is 2. The second-order valence-corrected chi connectivity index (χ2v) is 7.32. The van der Waals surface area contributed by atoms with Crippen molar-refractivity contribution in [1.82, 2.24) is 4.57 Å². The highest BCUT2D eigenvalue weighted by atomic mass is 127. The van der Waals surface area contributed by atoms with Gasteiger partial charge in [0.1, 0.15) is 5.75 Å². The number of thioether (sulfide) groups is 1. The summed E-state index contributed by atoms with van der Waals surface area (Å²) in [5, 5.41) is 12.3. The molecule has 0 atom stereocenters. The Morgan fingerprint density at radius 2 is 1.86 bits per heavy atom. The molecule has 0 aliphatic heterocycles. The topological polar surface area (TPSA) is 25.2 Å². The highest BCUT2D eigenvalue weighted by Crippen LogP contribution is 2.34. The molecule has 0 saturated heterocycles. The first-order chi connectivity index (χ1) is 10.6. The molecular formula is C18H18INOS. The average Bonchev–Trinajstić information content (AvgIpc) is 2.86. The molecular weight excluding hydrogens is 405 g/mol. The number of aromatic nitrogens is 1. The summed E-state index contributed by atoms with van der Waals surface area (Å²) in [6.45, 7) is 3.03. The number of halogens is 1. The Labute approximate surface area is 148 Å². The molecule has 0 saturated carbocycles. The lowest BCUT2D eigenvalue weighted by Gasteiger charge is -2.13. The number of phenols is 1. The van der Waals surface area contributed by atoms with Crippen molar-refractivity contribution in [3.63, 3.8) is 0 Å². The van der Waals surface area contributed by atoms with Gasteiger partial charge in [0.2, 0.25) is 0 Å². The van der Waals surface area contributed by atoms with Crippen molar-refractivity contribution in [2.24, 2.45) is 0 Å². The van der Waals surface area contributed by atoms with Crippen LogP contribution in [-0.2, 0) is 13.0 Å². The van der Waals surface area contributed by atoms with Crippen LogP contribution in [0.25, 0.3) is 10.9 Å². The summed E-state index contributed by atoms with van der Waals surface area (Å²) >= 11 is 3.97. The van der Waals surface area contributed by atoms with Crippen LogP contribution in [0.15, 0.2) is 47.5 Å². The molecule has 3 rings (SSSR count). The predicted octanol–water partition coefficient (Wildman–Crippen LogP) is 5.28. The van der Waals surface area contributed by atoms with E-state index in [1.165, 1.54) is 16.2 Å². The van der Waals surface area contributed by atoms with Crippen LogP contribution in [0.4, 0.5) is 0 Å². The second kappa shape index (κ2) is 6.54. The summed E-state index contributed by atoms with van der Waals surface area (Å²) < 4.78 is 3.36. The molecule has 2 nitrogen and oxygen atoms in total. The Bertz CT molecular complexity index is 825. The summed E-state index contributed by atoms with van der Waals surface area (Å²) in [4.78, 5) is 0. The van der Waals surface area contributed by atoms with Crippen molar-refractivity contribution < 1.29 is 5.11 Å². The number of hydrogen-bond donors (Lipinski definition) is 1. The number of fused-ring (bicyclic) bond motifs is 1. The van der Waals surface area contributed by atoms with Gasteiger partial charge >= 0.3 is 0 Å². The van der Waals surface area contributed by atoms with Gasteiger partial charge in [0.25, 0.3) is 0 Å². The van der Waals surface area contributed by atoms with Crippen molar-refractivity contribution in [2.45, 2.75) is 24.9 Å². The van der Waals surface area contributed by atoms with E-state index in [0.29, 0.717) is 5.75 Å². The highest BCUT2D eigenvalue weighted by molar-refractivity contribution is 14.1. The van der Waals surface area contributed by atoms with Crippen LogP contribution in [0.2, 0.25) is 0 Å². The monoisotopic (exact) mass is 423 g/mol. The molecule has 0 aliphatic rings. The fourth-order valence-electron chi connectivity index (χ4n) is 2.84. The summed E-state index contributed by atoms with van der Waals surface area (Å²) in [6.07, 6.45) is 3.12. The van der Waals surface area contributed by atoms with E-state index in [0.717, 1.165) is 27.4 Å². The fraction of sp³-hybridized carbons (Fsp3) is 0.222. The van der Waals surface area contributed by atoms with E-state index in [1.807, 2.05) is 6.07 Å². The number of rotatable bonds is 4. The quantitative estimate of drug-likeness (QED) is 0.456. The molecule has 114 valence electrons. The minimum Gasteiger partial charge on any atom is -0.507 e. The number of benzene rings is 2. The molecule has 0 radical (unpaired) electrons. The van der Waals surface area contributed by atoms with Crippen molar-refractivity contribution >= 4 is 45.3 Å². The van der Waals surface area contributed by atoms with Crippen LogP contribution in [0, 0.1) is 3.57 Å². The normalized spacial score (nSPS) is 11.2. The van der Waals surface area contributed by atoms with Gasteiger partial charge in [-0.2, -0.15) is 0 Å². The molecule has 2 aromatic carbocycles. The van der Waals surface area contributed by atoms with E-state index < -0.39 is 0 Å². The SMILES string of the molecule is CCc1ccccc1Cn1c(SC)cc2c(O)cc(I)cc21. The zero-order chi connectivity index (χ0) is 15.7. The zero-order valence-corrected chi connectivity index (χ0v) is 15.6. The first-order valence-corrected chi connectivity index (χ1v) is 9.57. The lowest BCUT2D eigenvalue weighted by Crippen LogP contribution is -2.03. The lowest BCUT2D eigenvalue weighted by molar-refractivity contribution is 0.481. The van der Waals surface area contributed by atoms with Crippen molar-refractivity contribution in [3.8, 4) is 5.75 Å². The Balaban J connectivity index is 2.17. The molecule has 0 bridgehead atoms. The van der Waals surface area contributed by atoms with Crippen LogP contribution in [0.5, 0.6) is 5.75 Å². The maximum atomic E-state index is 10.2. The summed E-state index contributed by atoms with van der Waals surface area (Å²) in [7, 11) is 0. The van der Waals surface area contributed by atoms with E-state index in [9.17, 15) is 5.11 Å². The van der Waals surface area contributed by atoms with Gasteiger partial charge in [-0.25, -0.2) is 0 Å². The molecule has 0 amide bonds. The Morgan fingerprint density at radius 3 is 2.55 bits per heavy atom. The number of phenolic OH excluding ortho intramolecular Hbond substituents is 1. The molecule has 0 spiro atoms. The van der Waals surface area contributed by atoms with Gasteiger partial charge in [0.15, 0.2) is 0 Å². The summed E-state index contributed by atoms with van der Waals surface area (Å²) in [5.41, 5.74) is 3.82. The molecule has 0 aliphatic carbocycles. The largest absolute Gasteiger partial charge is 0.507 e. The van der Waals surface area contributed by atoms with E-state index in [2.05, 4.69) is 76.7 Å². The third-order valence-corrected chi connectivity index (χ3v) is 5.34. The van der Waals surface area contributed by atoms with E-state index in [1.54, 1.807) is 11.8 Å². The van der Waals surface area contributed by atoms with Gasteiger partial charge in [0.05, 0.1) is 10.5 Å². The molecule has 22 heavy (non-hydrogen) atoms. The highest BCUT2D eigenvalue weighted by Gasteiger charge is 2.13. The predicted molar refractivity (Wildman–Crippen MR) is 103 cm³/mol. The van der Waals surface area contributed by atoms with E-state index >= 15 is 0 Å². The van der Waals surface area contributed by atoms with Crippen LogP contribution >= 0.6 is 34.4 Å². The first-order valence-electron chi connectivity index (χ1n) is 7.26. The minimum absolute atomic E-state index is 0.361. The Hall–Kier alpha value is -1.14. The second-order valence-electron chi connectivity index (χ2n) is 5.25. The summed E-state index contributed by atoms with van der Waals surface area (Å²) in [6, 6.07) is 14.6. The molecule has 3 aromatic rings. The maximum Gasteiger partial charge on any atom is 0.126 e. The minimum atomic E-state index is 0.361. The Morgan fingerprint density at radius 1 is 1.14 bits per heavy atom. The van der Waals surface area contributed by atoms with Crippen LogP contribution in [0.3, 0.4) is 0 Å². The van der Waals surface area contributed by atoms with Crippen molar-refractivity contribution in [2.75, 3.05) is 6.26 Å². The maximum absolute atomic E-state index is 10.2. The third kappa shape index (κ3) is 2.86. The van der Waals surface area contributed by atoms with Gasteiger partial charge in [-0.3, -0.25) is 0 Å². The van der Waals surface area contributed by atoms with Crippen molar-refractivity contribution in [3.05, 3.63) is 57.2 Å². The first kappa shape index (κ1) is 15.7. The van der Waals surface area contributed by atoms with E-state index in [4.69, 9.17) is 0 Å². The van der Waals surface area contributed by atoms with E-state index in [-0.39, 0.29) is 0 Å². The van der Waals surface area contributed by atoms with Crippen LogP contribution in [0.1, 0.15) is 18.1 Å². The molecule has 1 heterocycles.